The largest absolute Gasteiger partial charge is 0.342 e. The van der Waals surface area contributed by atoms with Crippen molar-refractivity contribution in [3.8, 4) is 0 Å². The minimum Gasteiger partial charge on any atom is -0.342 e. The second-order valence-corrected chi connectivity index (χ2v) is 6.89. The van der Waals surface area contributed by atoms with Crippen LogP contribution in [-0.2, 0) is 11.2 Å². The zero-order chi connectivity index (χ0) is 14.1. The highest BCUT2D eigenvalue weighted by Crippen LogP contribution is 2.29. The molecule has 3 rings (SSSR count). The Balaban J connectivity index is 1.63. The van der Waals surface area contributed by atoms with Crippen LogP contribution < -0.4 is 5.32 Å². The molecule has 2 fully saturated rings. The van der Waals surface area contributed by atoms with Crippen LogP contribution in [0.3, 0.4) is 0 Å². The van der Waals surface area contributed by atoms with E-state index in [0.29, 0.717) is 24.5 Å². The molecule has 1 N–H and O–H groups in total. The van der Waals surface area contributed by atoms with E-state index in [0.717, 1.165) is 22.9 Å². The first kappa shape index (κ1) is 14.1. The fourth-order valence-electron chi connectivity index (χ4n) is 3.48. The summed E-state index contributed by atoms with van der Waals surface area (Å²) in [6.45, 7) is 0. The molecular formula is C16H21BrN2O. The molecule has 2 heterocycles. The number of nitrogens with zero attached hydrogens (tertiary/aromatic N) is 1. The lowest BCUT2D eigenvalue weighted by Gasteiger charge is -2.35. The van der Waals surface area contributed by atoms with E-state index in [1.165, 1.54) is 12.8 Å². The Kier molecular flexibility index (Phi) is 4.13. The Morgan fingerprint density at radius 2 is 1.95 bits per heavy atom. The number of hydrogen-bond donors (Lipinski definition) is 1. The van der Waals surface area contributed by atoms with Crippen molar-refractivity contribution in [2.45, 2.75) is 50.2 Å². The van der Waals surface area contributed by atoms with Gasteiger partial charge in [0.25, 0.3) is 0 Å². The first-order valence-electron chi connectivity index (χ1n) is 7.38. The van der Waals surface area contributed by atoms with E-state index in [1.54, 1.807) is 0 Å². The second kappa shape index (κ2) is 5.86. The molecule has 1 amide bonds. The van der Waals surface area contributed by atoms with Crippen LogP contribution in [0.2, 0.25) is 0 Å². The summed E-state index contributed by atoms with van der Waals surface area (Å²) in [5.41, 5.74) is 1.07. The highest BCUT2D eigenvalue weighted by molar-refractivity contribution is 9.10. The number of rotatable bonds is 3. The normalized spacial score (nSPS) is 28.4. The molecule has 3 nitrogen and oxygen atoms in total. The maximum absolute atomic E-state index is 12.5. The molecule has 0 spiro atoms. The summed E-state index contributed by atoms with van der Waals surface area (Å²) in [5, 5.41) is 3.63. The third-order valence-electron chi connectivity index (χ3n) is 4.69. The summed E-state index contributed by atoms with van der Waals surface area (Å²) >= 11 is 3.52. The Morgan fingerprint density at radius 3 is 2.60 bits per heavy atom. The van der Waals surface area contributed by atoms with Crippen molar-refractivity contribution in [3.05, 3.63) is 34.3 Å². The molecule has 20 heavy (non-hydrogen) atoms. The monoisotopic (exact) mass is 336 g/mol. The van der Waals surface area contributed by atoms with Crippen LogP contribution in [0.15, 0.2) is 28.7 Å². The van der Waals surface area contributed by atoms with Crippen LogP contribution >= 0.6 is 15.9 Å². The molecule has 0 saturated carbocycles. The van der Waals surface area contributed by atoms with Gasteiger partial charge in [-0.2, -0.15) is 0 Å². The maximum atomic E-state index is 12.5. The lowest BCUT2D eigenvalue weighted by Crippen LogP contribution is -2.49. The van der Waals surface area contributed by atoms with Gasteiger partial charge in [-0.15, -0.1) is 0 Å². The van der Waals surface area contributed by atoms with Gasteiger partial charge in [0.15, 0.2) is 0 Å². The summed E-state index contributed by atoms with van der Waals surface area (Å²) in [5.74, 6) is 0.225. The van der Waals surface area contributed by atoms with Gasteiger partial charge in [0, 0.05) is 29.6 Å². The average molecular weight is 337 g/mol. The van der Waals surface area contributed by atoms with Crippen LogP contribution in [0.25, 0.3) is 0 Å². The number of piperidine rings is 1. The van der Waals surface area contributed by atoms with Gasteiger partial charge in [0.2, 0.25) is 5.91 Å². The SMILES string of the molecule is CN(C(=O)Cc1ccccc1Br)C1CC2CCC(C1)N2. The van der Waals surface area contributed by atoms with Gasteiger partial charge in [-0.25, -0.2) is 0 Å². The molecule has 2 atom stereocenters. The molecule has 1 aromatic rings. The standard InChI is InChI=1S/C16H21BrN2O/c1-19(14-9-12-6-7-13(10-14)18-12)16(20)8-11-4-2-3-5-15(11)17/h2-5,12-14,18H,6-10H2,1H3. The minimum atomic E-state index is 0.225. The van der Waals surface area contributed by atoms with Crippen molar-refractivity contribution in [3.63, 3.8) is 0 Å². The number of likely N-dealkylation sites (N-methyl/N-ethyl adjacent to an activating group) is 1. The average Bonchev–Trinajstić information content (AvgIpc) is 2.79. The Labute approximate surface area is 128 Å². The molecule has 0 aromatic heterocycles. The Bertz CT molecular complexity index is 493. The number of carbonyl (C=O) groups is 1. The maximum Gasteiger partial charge on any atom is 0.227 e. The van der Waals surface area contributed by atoms with Gasteiger partial charge >= 0.3 is 0 Å². The van der Waals surface area contributed by atoms with E-state index < -0.39 is 0 Å². The molecule has 0 radical (unpaired) electrons. The van der Waals surface area contributed by atoms with E-state index in [2.05, 4.69) is 21.2 Å². The molecule has 4 heteroatoms. The first-order chi connectivity index (χ1) is 9.63. The van der Waals surface area contributed by atoms with Crippen molar-refractivity contribution >= 4 is 21.8 Å². The van der Waals surface area contributed by atoms with Gasteiger partial charge in [0.05, 0.1) is 6.42 Å². The van der Waals surface area contributed by atoms with Crippen LogP contribution in [-0.4, -0.2) is 36.0 Å². The Hall–Kier alpha value is -0.870. The fraction of sp³-hybridized carbons (Fsp3) is 0.562. The summed E-state index contributed by atoms with van der Waals surface area (Å²) in [7, 11) is 1.97. The number of halogens is 1. The zero-order valence-corrected chi connectivity index (χ0v) is 13.4. The number of amides is 1. The summed E-state index contributed by atoms with van der Waals surface area (Å²) in [6.07, 6.45) is 5.24. The molecule has 2 aliphatic rings. The predicted octanol–water partition coefficient (Wildman–Crippen LogP) is 2.73. The van der Waals surface area contributed by atoms with Crippen LogP contribution in [0.1, 0.15) is 31.2 Å². The number of nitrogens with one attached hydrogen (secondary N) is 1. The van der Waals surface area contributed by atoms with E-state index in [1.807, 2.05) is 36.2 Å². The van der Waals surface area contributed by atoms with Gasteiger partial charge in [-0.3, -0.25) is 4.79 Å². The summed E-state index contributed by atoms with van der Waals surface area (Å²) in [4.78, 5) is 14.5. The summed E-state index contributed by atoms with van der Waals surface area (Å²) in [6, 6.07) is 9.62. The van der Waals surface area contributed by atoms with Crippen molar-refractivity contribution in [1.29, 1.82) is 0 Å². The van der Waals surface area contributed by atoms with Gasteiger partial charge in [0.1, 0.15) is 0 Å². The van der Waals surface area contributed by atoms with Gasteiger partial charge in [-0.1, -0.05) is 34.1 Å². The van der Waals surface area contributed by atoms with E-state index in [4.69, 9.17) is 0 Å². The van der Waals surface area contributed by atoms with E-state index in [-0.39, 0.29) is 5.91 Å². The topological polar surface area (TPSA) is 32.3 Å². The minimum absolute atomic E-state index is 0.225. The molecule has 2 unspecified atom stereocenters. The number of benzene rings is 1. The van der Waals surface area contributed by atoms with Gasteiger partial charge < -0.3 is 10.2 Å². The highest BCUT2D eigenvalue weighted by atomic mass is 79.9. The van der Waals surface area contributed by atoms with Crippen LogP contribution in [0.5, 0.6) is 0 Å². The summed E-state index contributed by atoms with van der Waals surface area (Å²) < 4.78 is 1.02. The zero-order valence-electron chi connectivity index (χ0n) is 11.8. The molecule has 108 valence electrons. The predicted molar refractivity (Wildman–Crippen MR) is 83.6 cm³/mol. The molecule has 1 aromatic carbocycles. The third-order valence-corrected chi connectivity index (χ3v) is 5.46. The molecule has 2 bridgehead atoms. The molecule has 0 aliphatic carbocycles. The molecular weight excluding hydrogens is 316 g/mol. The lowest BCUT2D eigenvalue weighted by molar-refractivity contribution is -0.131. The van der Waals surface area contributed by atoms with E-state index >= 15 is 0 Å². The van der Waals surface area contributed by atoms with Crippen molar-refractivity contribution < 1.29 is 4.79 Å². The van der Waals surface area contributed by atoms with E-state index in [9.17, 15) is 4.79 Å². The number of carbonyl (C=O) groups excluding carboxylic acids is 1. The quantitative estimate of drug-likeness (QED) is 0.920. The van der Waals surface area contributed by atoms with Crippen LogP contribution in [0.4, 0.5) is 0 Å². The van der Waals surface area contributed by atoms with Crippen LogP contribution in [0, 0.1) is 0 Å². The second-order valence-electron chi connectivity index (χ2n) is 6.04. The number of hydrogen-bond acceptors (Lipinski definition) is 2. The third kappa shape index (κ3) is 2.91. The number of fused-ring (bicyclic) bond motifs is 2. The first-order valence-corrected chi connectivity index (χ1v) is 8.18. The fourth-order valence-corrected chi connectivity index (χ4v) is 3.90. The highest BCUT2D eigenvalue weighted by Gasteiger charge is 2.36. The smallest absolute Gasteiger partial charge is 0.227 e. The molecule has 2 saturated heterocycles. The van der Waals surface area contributed by atoms with Gasteiger partial charge in [-0.05, 0) is 37.3 Å². The Morgan fingerprint density at radius 1 is 1.30 bits per heavy atom. The lowest BCUT2D eigenvalue weighted by atomic mass is 9.98. The van der Waals surface area contributed by atoms with Crippen molar-refractivity contribution in [1.82, 2.24) is 10.2 Å². The van der Waals surface area contributed by atoms with Crippen molar-refractivity contribution in [2.24, 2.45) is 0 Å². The van der Waals surface area contributed by atoms with Crippen molar-refractivity contribution in [2.75, 3.05) is 7.05 Å². The molecule has 2 aliphatic heterocycles.